The van der Waals surface area contributed by atoms with Gasteiger partial charge in [-0.25, -0.2) is 14.0 Å². The molecule has 0 radical (unpaired) electrons. The van der Waals surface area contributed by atoms with Crippen LogP contribution in [0.1, 0.15) is 45.7 Å². The summed E-state index contributed by atoms with van der Waals surface area (Å²) in [5, 5.41) is 20.6. The highest BCUT2D eigenvalue weighted by Crippen LogP contribution is 2.47. The van der Waals surface area contributed by atoms with Crippen LogP contribution in [0.3, 0.4) is 0 Å². The van der Waals surface area contributed by atoms with Gasteiger partial charge >= 0.3 is 11.9 Å². The van der Waals surface area contributed by atoms with Crippen LogP contribution in [0, 0.1) is 11.2 Å². The number of nitrogens with zero attached hydrogens (tertiary/aromatic N) is 2. The van der Waals surface area contributed by atoms with Gasteiger partial charge < -0.3 is 20.0 Å². The van der Waals surface area contributed by atoms with Crippen molar-refractivity contribution < 1.29 is 24.2 Å². The lowest BCUT2D eigenvalue weighted by Crippen LogP contribution is -2.47. The molecule has 2 aromatic carbocycles. The molecule has 2 N–H and O–H groups in total. The number of carboxylic acids is 2. The van der Waals surface area contributed by atoms with E-state index in [0.29, 0.717) is 24.5 Å². The van der Waals surface area contributed by atoms with E-state index in [1.165, 1.54) is 23.8 Å². The number of rotatable bonds is 9. The zero-order valence-electron chi connectivity index (χ0n) is 21.8. The van der Waals surface area contributed by atoms with E-state index in [4.69, 9.17) is 0 Å². The second-order valence-electron chi connectivity index (χ2n) is 10.6. The molecule has 36 heavy (non-hydrogen) atoms. The summed E-state index contributed by atoms with van der Waals surface area (Å²) in [5.74, 6) is -3.01. The van der Waals surface area contributed by atoms with E-state index in [1.807, 2.05) is 25.2 Å². The topological polar surface area (TPSA) is 81.1 Å². The molecule has 0 fully saturated rings. The van der Waals surface area contributed by atoms with Gasteiger partial charge in [0.05, 0.1) is 16.6 Å². The van der Waals surface area contributed by atoms with Crippen molar-refractivity contribution in [2.24, 2.45) is 5.41 Å². The lowest BCUT2D eigenvalue weighted by Gasteiger charge is -2.45. The Labute approximate surface area is 212 Å². The third kappa shape index (κ3) is 5.36. The lowest BCUT2D eigenvalue weighted by molar-refractivity contribution is -0.134. The van der Waals surface area contributed by atoms with E-state index in [2.05, 4.69) is 30.9 Å². The summed E-state index contributed by atoms with van der Waals surface area (Å²) >= 11 is 0. The average molecular weight is 495 g/mol. The van der Waals surface area contributed by atoms with Crippen LogP contribution in [0.5, 0.6) is 0 Å². The molecule has 0 saturated heterocycles. The molecule has 3 rings (SSSR count). The molecule has 0 aromatic heterocycles. The number of hydrogen-bond donors (Lipinski definition) is 2. The quantitative estimate of drug-likeness (QED) is 0.494. The number of carboxylic acid groups (broad SMARTS) is 2. The second-order valence-corrected chi connectivity index (χ2v) is 10.6. The van der Waals surface area contributed by atoms with Crippen LogP contribution in [-0.4, -0.2) is 52.1 Å². The first-order valence-electron chi connectivity index (χ1n) is 11.9. The monoisotopic (exact) mass is 494 g/mol. The SMILES string of the molecule is CC1=C(C(=O)O)C(C)(c2cccc(F)c2)C(C(=O)O)=C(C)N1CC(C)(C)CN(C)Cc1ccccc1. The van der Waals surface area contributed by atoms with Gasteiger partial charge in [-0.15, -0.1) is 0 Å². The molecule has 0 bridgehead atoms. The summed E-state index contributed by atoms with van der Waals surface area (Å²) in [6.45, 7) is 11.0. The van der Waals surface area contributed by atoms with Gasteiger partial charge in [-0.05, 0) is 56.5 Å². The minimum absolute atomic E-state index is 0.0652. The fourth-order valence-corrected chi connectivity index (χ4v) is 5.59. The first-order chi connectivity index (χ1) is 16.8. The van der Waals surface area contributed by atoms with Gasteiger partial charge in [0.25, 0.3) is 0 Å². The van der Waals surface area contributed by atoms with Crippen LogP contribution in [0.2, 0.25) is 0 Å². The van der Waals surface area contributed by atoms with Crippen LogP contribution in [0.15, 0.2) is 77.1 Å². The van der Waals surface area contributed by atoms with Crippen molar-refractivity contribution >= 4 is 11.9 Å². The lowest BCUT2D eigenvalue weighted by atomic mass is 9.66. The molecule has 0 aliphatic carbocycles. The van der Waals surface area contributed by atoms with Gasteiger partial charge in [0.15, 0.2) is 0 Å². The molecular formula is C29H35FN2O4. The van der Waals surface area contributed by atoms with Crippen molar-refractivity contribution in [2.45, 2.75) is 46.6 Å². The van der Waals surface area contributed by atoms with Crippen LogP contribution in [-0.2, 0) is 21.5 Å². The van der Waals surface area contributed by atoms with Gasteiger partial charge in [0.1, 0.15) is 5.82 Å². The summed E-state index contributed by atoms with van der Waals surface area (Å²) in [6.07, 6.45) is 0. The Morgan fingerprint density at radius 3 is 2.03 bits per heavy atom. The standard InChI is InChI=1S/C29H35FN2O4/c1-19-24(26(33)34)29(5,22-13-10-14-23(30)15-22)25(27(35)36)20(2)32(19)18-28(3,4)17-31(6)16-21-11-8-7-9-12-21/h7-15H,16-18H2,1-6H3,(H,33,34)(H,35,36). The van der Waals surface area contributed by atoms with Crippen molar-refractivity contribution in [3.63, 3.8) is 0 Å². The highest BCUT2D eigenvalue weighted by Gasteiger charge is 2.49. The maximum atomic E-state index is 14.2. The molecule has 0 amide bonds. The number of allylic oxidation sites excluding steroid dienone is 2. The summed E-state index contributed by atoms with van der Waals surface area (Å²) in [4.78, 5) is 29.2. The Morgan fingerprint density at radius 1 is 0.972 bits per heavy atom. The number of benzene rings is 2. The van der Waals surface area contributed by atoms with E-state index in [9.17, 15) is 24.2 Å². The highest BCUT2D eigenvalue weighted by molar-refractivity contribution is 6.00. The van der Waals surface area contributed by atoms with Crippen molar-refractivity contribution in [3.8, 4) is 0 Å². The zero-order chi connectivity index (χ0) is 26.8. The van der Waals surface area contributed by atoms with Gasteiger partial charge in [0.2, 0.25) is 0 Å². The Kier molecular flexibility index (Phi) is 7.74. The predicted octanol–water partition coefficient (Wildman–Crippen LogP) is 5.27. The third-order valence-electron chi connectivity index (χ3n) is 6.94. The molecule has 0 saturated carbocycles. The third-order valence-corrected chi connectivity index (χ3v) is 6.94. The van der Waals surface area contributed by atoms with E-state index >= 15 is 0 Å². The van der Waals surface area contributed by atoms with E-state index in [1.54, 1.807) is 31.7 Å². The fraction of sp³-hybridized carbons (Fsp3) is 0.379. The van der Waals surface area contributed by atoms with Crippen LogP contribution in [0.25, 0.3) is 0 Å². The normalized spacial score (nSPS) is 16.1. The fourth-order valence-electron chi connectivity index (χ4n) is 5.59. The number of aliphatic carboxylic acids is 2. The number of halogens is 1. The van der Waals surface area contributed by atoms with E-state index in [-0.39, 0.29) is 22.1 Å². The van der Waals surface area contributed by atoms with Crippen LogP contribution < -0.4 is 0 Å². The Hall–Kier alpha value is -3.45. The van der Waals surface area contributed by atoms with Gasteiger partial charge in [-0.3, -0.25) is 0 Å². The van der Waals surface area contributed by atoms with E-state index < -0.39 is 23.2 Å². The van der Waals surface area contributed by atoms with Gasteiger partial charge in [0, 0.05) is 31.0 Å². The van der Waals surface area contributed by atoms with Crippen LogP contribution >= 0.6 is 0 Å². The van der Waals surface area contributed by atoms with Gasteiger partial charge in [-0.1, -0.05) is 56.3 Å². The Bertz CT molecular complexity index is 1180. The van der Waals surface area contributed by atoms with Crippen molar-refractivity contribution in [2.75, 3.05) is 20.1 Å². The second kappa shape index (κ2) is 10.3. The number of carbonyl (C=O) groups is 2. The van der Waals surface area contributed by atoms with Crippen molar-refractivity contribution in [3.05, 3.63) is 94.1 Å². The van der Waals surface area contributed by atoms with E-state index in [0.717, 1.165) is 6.54 Å². The molecule has 0 atom stereocenters. The molecule has 1 aliphatic heterocycles. The van der Waals surface area contributed by atoms with Crippen molar-refractivity contribution in [1.82, 2.24) is 9.80 Å². The maximum Gasteiger partial charge on any atom is 0.334 e. The first kappa shape index (κ1) is 27.1. The Morgan fingerprint density at radius 2 is 1.53 bits per heavy atom. The summed E-state index contributed by atoms with van der Waals surface area (Å²) in [7, 11) is 2.03. The molecule has 2 aromatic rings. The molecule has 0 unspecified atom stereocenters. The molecule has 1 heterocycles. The zero-order valence-corrected chi connectivity index (χ0v) is 21.8. The first-order valence-corrected chi connectivity index (χ1v) is 11.9. The molecule has 6 nitrogen and oxygen atoms in total. The summed E-state index contributed by atoms with van der Waals surface area (Å²) < 4.78 is 14.2. The molecule has 7 heteroatoms. The van der Waals surface area contributed by atoms with Gasteiger partial charge in [-0.2, -0.15) is 0 Å². The molecular weight excluding hydrogens is 459 g/mol. The number of hydrogen-bond acceptors (Lipinski definition) is 4. The maximum absolute atomic E-state index is 14.2. The smallest absolute Gasteiger partial charge is 0.334 e. The van der Waals surface area contributed by atoms with Crippen molar-refractivity contribution in [1.29, 1.82) is 0 Å². The Balaban J connectivity index is 2.03. The minimum atomic E-state index is -1.53. The highest BCUT2D eigenvalue weighted by atomic mass is 19.1. The summed E-state index contributed by atoms with van der Waals surface area (Å²) in [5.41, 5.74) is 0.413. The minimum Gasteiger partial charge on any atom is -0.478 e. The average Bonchev–Trinajstić information content (AvgIpc) is 2.76. The molecule has 1 aliphatic rings. The molecule has 0 spiro atoms. The molecule has 192 valence electrons. The largest absolute Gasteiger partial charge is 0.478 e. The predicted molar refractivity (Wildman–Crippen MR) is 138 cm³/mol. The van der Waals surface area contributed by atoms with Crippen LogP contribution in [0.4, 0.5) is 4.39 Å². The summed E-state index contributed by atoms with van der Waals surface area (Å²) in [6, 6.07) is 15.6.